The zero-order valence-electron chi connectivity index (χ0n) is 14.3. The van der Waals surface area contributed by atoms with E-state index in [1.54, 1.807) is 6.07 Å². The molecule has 2 aromatic rings. The molecule has 0 aromatic heterocycles. The van der Waals surface area contributed by atoms with Crippen LogP contribution in [0.2, 0.25) is 0 Å². The van der Waals surface area contributed by atoms with Crippen molar-refractivity contribution < 1.29 is 9.90 Å². The Kier molecular flexibility index (Phi) is 5.09. The predicted molar refractivity (Wildman–Crippen MR) is 94.4 cm³/mol. The Hall–Kier alpha value is -2.29. The van der Waals surface area contributed by atoms with Gasteiger partial charge in [0.2, 0.25) is 5.91 Å². The highest BCUT2D eigenvalue weighted by Gasteiger charge is 2.30. The van der Waals surface area contributed by atoms with E-state index < -0.39 is 5.41 Å². The molecule has 2 N–H and O–H groups in total. The van der Waals surface area contributed by atoms with Gasteiger partial charge in [-0.05, 0) is 37.0 Å². The van der Waals surface area contributed by atoms with Crippen molar-refractivity contribution in [2.45, 2.75) is 33.1 Å². The van der Waals surface area contributed by atoms with E-state index >= 15 is 0 Å². The van der Waals surface area contributed by atoms with Crippen LogP contribution in [0.5, 0.6) is 5.75 Å². The Balaban J connectivity index is 2.27. The molecule has 23 heavy (non-hydrogen) atoms. The molecule has 0 aliphatic carbocycles. The van der Waals surface area contributed by atoms with Crippen LogP contribution in [-0.2, 0) is 10.2 Å². The van der Waals surface area contributed by atoms with E-state index in [-0.39, 0.29) is 11.7 Å². The van der Waals surface area contributed by atoms with Gasteiger partial charge in [-0.2, -0.15) is 0 Å². The molecule has 0 heterocycles. The molecule has 0 radical (unpaired) electrons. The van der Waals surface area contributed by atoms with Gasteiger partial charge in [0.1, 0.15) is 5.75 Å². The van der Waals surface area contributed by atoms with E-state index in [1.807, 2.05) is 56.3 Å². The first-order chi connectivity index (χ1) is 10.8. The highest BCUT2D eigenvalue weighted by atomic mass is 16.3. The Morgan fingerprint density at radius 3 is 2.35 bits per heavy atom. The summed E-state index contributed by atoms with van der Waals surface area (Å²) in [6.45, 7) is 8.52. The number of rotatable bonds is 5. The Labute approximate surface area is 138 Å². The number of benzene rings is 2. The monoisotopic (exact) mass is 311 g/mol. The molecule has 0 aliphatic rings. The van der Waals surface area contributed by atoms with Gasteiger partial charge in [0, 0.05) is 12.1 Å². The molecule has 0 aliphatic heterocycles. The van der Waals surface area contributed by atoms with Crippen molar-refractivity contribution >= 4 is 5.91 Å². The first-order valence-electron chi connectivity index (χ1n) is 7.99. The van der Waals surface area contributed by atoms with E-state index in [0.717, 1.165) is 16.7 Å². The molecular formula is C20H25NO2. The van der Waals surface area contributed by atoms with Gasteiger partial charge >= 0.3 is 0 Å². The molecule has 122 valence electrons. The fraction of sp³-hybridized carbons (Fsp3) is 0.350. The summed E-state index contributed by atoms with van der Waals surface area (Å²) in [5.41, 5.74) is 1.84. The minimum atomic E-state index is -0.693. The maximum absolute atomic E-state index is 12.4. The zero-order valence-corrected chi connectivity index (χ0v) is 14.3. The number of phenols is 1. The summed E-state index contributed by atoms with van der Waals surface area (Å²) in [6, 6.07) is 15.2. The summed E-state index contributed by atoms with van der Waals surface area (Å²) >= 11 is 0. The smallest absolute Gasteiger partial charge is 0.230 e. The van der Waals surface area contributed by atoms with E-state index in [0.29, 0.717) is 12.5 Å². The second kappa shape index (κ2) is 6.86. The Morgan fingerprint density at radius 2 is 1.78 bits per heavy atom. The third-order valence-corrected chi connectivity index (χ3v) is 4.04. The highest BCUT2D eigenvalue weighted by molar-refractivity contribution is 5.88. The standard InChI is InChI=1S/C20H25NO2/c1-14(2)13-21-19(23)20(3,4)16-10-11-17(18(22)12-16)15-8-6-5-7-9-15/h5-12,14,22H,13H2,1-4H3,(H,21,23). The summed E-state index contributed by atoms with van der Waals surface area (Å²) in [7, 11) is 0. The molecule has 0 bridgehead atoms. The van der Waals surface area contributed by atoms with Crippen molar-refractivity contribution in [3.05, 3.63) is 54.1 Å². The first-order valence-corrected chi connectivity index (χ1v) is 7.99. The van der Waals surface area contributed by atoms with E-state index in [9.17, 15) is 9.90 Å². The van der Waals surface area contributed by atoms with E-state index in [2.05, 4.69) is 19.2 Å². The number of nitrogens with one attached hydrogen (secondary N) is 1. The quantitative estimate of drug-likeness (QED) is 0.873. The van der Waals surface area contributed by atoms with Crippen LogP contribution in [0.3, 0.4) is 0 Å². The second-order valence-electron chi connectivity index (χ2n) is 6.83. The van der Waals surface area contributed by atoms with Crippen molar-refractivity contribution in [1.29, 1.82) is 0 Å². The van der Waals surface area contributed by atoms with Gasteiger partial charge < -0.3 is 10.4 Å². The van der Waals surface area contributed by atoms with Crippen LogP contribution in [0.25, 0.3) is 11.1 Å². The van der Waals surface area contributed by atoms with Crippen LogP contribution in [0.15, 0.2) is 48.5 Å². The number of carbonyl (C=O) groups excluding carboxylic acids is 1. The van der Waals surface area contributed by atoms with Crippen molar-refractivity contribution in [3.8, 4) is 16.9 Å². The summed E-state index contributed by atoms with van der Waals surface area (Å²) in [6.07, 6.45) is 0. The maximum atomic E-state index is 12.4. The van der Waals surface area contributed by atoms with Crippen LogP contribution >= 0.6 is 0 Å². The molecule has 3 heteroatoms. The molecular weight excluding hydrogens is 286 g/mol. The van der Waals surface area contributed by atoms with Crippen LogP contribution in [0.1, 0.15) is 33.3 Å². The number of hydrogen-bond donors (Lipinski definition) is 2. The van der Waals surface area contributed by atoms with Gasteiger partial charge in [-0.1, -0.05) is 56.3 Å². The minimum Gasteiger partial charge on any atom is -0.507 e. The first kappa shape index (κ1) is 17.1. The minimum absolute atomic E-state index is 0.0296. The van der Waals surface area contributed by atoms with Gasteiger partial charge in [0.25, 0.3) is 0 Å². The summed E-state index contributed by atoms with van der Waals surface area (Å²) < 4.78 is 0. The van der Waals surface area contributed by atoms with Gasteiger partial charge in [-0.25, -0.2) is 0 Å². The average molecular weight is 311 g/mol. The molecule has 3 nitrogen and oxygen atoms in total. The number of aromatic hydroxyl groups is 1. The van der Waals surface area contributed by atoms with Crippen LogP contribution < -0.4 is 5.32 Å². The number of hydrogen-bond acceptors (Lipinski definition) is 2. The summed E-state index contributed by atoms with van der Waals surface area (Å²) in [5.74, 6) is 0.570. The summed E-state index contributed by atoms with van der Waals surface area (Å²) in [4.78, 5) is 12.4. The lowest BCUT2D eigenvalue weighted by atomic mass is 9.82. The molecule has 2 aromatic carbocycles. The van der Waals surface area contributed by atoms with E-state index in [4.69, 9.17) is 0 Å². The molecule has 0 spiro atoms. The molecule has 0 fully saturated rings. The Morgan fingerprint density at radius 1 is 1.13 bits per heavy atom. The van der Waals surface area contributed by atoms with Crippen LogP contribution in [0.4, 0.5) is 0 Å². The molecule has 0 unspecified atom stereocenters. The predicted octanol–water partition coefficient (Wildman–Crippen LogP) is 4.11. The van der Waals surface area contributed by atoms with Gasteiger partial charge in [-0.3, -0.25) is 4.79 Å². The average Bonchev–Trinajstić information content (AvgIpc) is 2.53. The highest BCUT2D eigenvalue weighted by Crippen LogP contribution is 2.34. The van der Waals surface area contributed by atoms with Gasteiger partial charge in [0.15, 0.2) is 0 Å². The molecule has 0 saturated heterocycles. The van der Waals surface area contributed by atoms with Crippen molar-refractivity contribution in [2.75, 3.05) is 6.54 Å². The van der Waals surface area contributed by atoms with Gasteiger partial charge in [-0.15, -0.1) is 0 Å². The van der Waals surface area contributed by atoms with Crippen LogP contribution in [-0.4, -0.2) is 17.6 Å². The fourth-order valence-corrected chi connectivity index (χ4v) is 2.43. The fourth-order valence-electron chi connectivity index (χ4n) is 2.43. The zero-order chi connectivity index (χ0) is 17.0. The van der Waals surface area contributed by atoms with Crippen LogP contribution in [0, 0.1) is 5.92 Å². The third kappa shape index (κ3) is 3.92. The number of phenolic OH excluding ortho intramolecular Hbond substituents is 1. The maximum Gasteiger partial charge on any atom is 0.230 e. The number of amides is 1. The summed E-state index contributed by atoms with van der Waals surface area (Å²) in [5, 5.41) is 13.3. The molecule has 1 amide bonds. The Bertz CT molecular complexity index is 675. The van der Waals surface area contributed by atoms with E-state index in [1.165, 1.54) is 0 Å². The van der Waals surface area contributed by atoms with Crippen molar-refractivity contribution in [1.82, 2.24) is 5.32 Å². The lowest BCUT2D eigenvalue weighted by Gasteiger charge is -2.25. The molecule has 0 atom stereocenters. The molecule has 2 rings (SSSR count). The normalized spacial score (nSPS) is 11.5. The lowest BCUT2D eigenvalue weighted by Crippen LogP contribution is -2.41. The van der Waals surface area contributed by atoms with Gasteiger partial charge in [0.05, 0.1) is 5.41 Å². The van der Waals surface area contributed by atoms with Crippen molar-refractivity contribution in [3.63, 3.8) is 0 Å². The second-order valence-corrected chi connectivity index (χ2v) is 6.83. The topological polar surface area (TPSA) is 49.3 Å². The van der Waals surface area contributed by atoms with Crippen molar-refractivity contribution in [2.24, 2.45) is 5.92 Å². The lowest BCUT2D eigenvalue weighted by molar-refractivity contribution is -0.125. The molecule has 0 saturated carbocycles. The third-order valence-electron chi connectivity index (χ3n) is 4.04. The largest absolute Gasteiger partial charge is 0.507 e. The number of carbonyl (C=O) groups is 1. The SMILES string of the molecule is CC(C)CNC(=O)C(C)(C)c1ccc(-c2ccccc2)c(O)c1.